The predicted molar refractivity (Wildman–Crippen MR) is 65.6 cm³/mol. The van der Waals surface area contributed by atoms with Gasteiger partial charge in [0.05, 0.1) is 0 Å². The van der Waals surface area contributed by atoms with Crippen LogP contribution in [0, 0.1) is 11.6 Å². The van der Waals surface area contributed by atoms with Crippen LogP contribution >= 0.6 is 0 Å². The first-order valence-corrected chi connectivity index (χ1v) is 5.40. The summed E-state index contributed by atoms with van der Waals surface area (Å²) in [5, 5.41) is 0. The number of hydrogen-bond donors (Lipinski definition) is 0. The van der Waals surface area contributed by atoms with Crippen LogP contribution in [-0.2, 0) is 0 Å². The summed E-state index contributed by atoms with van der Waals surface area (Å²) in [6.45, 7) is 1.77. The molecule has 0 aliphatic heterocycles. The molecule has 0 aliphatic carbocycles. The summed E-state index contributed by atoms with van der Waals surface area (Å²) < 4.78 is 27.4. The van der Waals surface area contributed by atoms with Crippen molar-refractivity contribution in [2.24, 2.45) is 0 Å². The molecule has 0 atom stereocenters. The fourth-order valence-corrected chi connectivity index (χ4v) is 1.82. The van der Waals surface area contributed by atoms with Gasteiger partial charge in [-0.2, -0.15) is 0 Å². The van der Waals surface area contributed by atoms with Gasteiger partial charge in [-0.25, -0.2) is 8.78 Å². The normalized spacial score (nSPS) is 10.1. The van der Waals surface area contributed by atoms with Crippen molar-refractivity contribution in [2.45, 2.75) is 6.92 Å². The van der Waals surface area contributed by atoms with Gasteiger partial charge in [0.15, 0.2) is 0 Å². The fourth-order valence-electron chi connectivity index (χ4n) is 1.82. The monoisotopic (exact) mass is 230 g/mol. The van der Waals surface area contributed by atoms with E-state index in [4.69, 9.17) is 0 Å². The molecule has 0 spiro atoms. The number of hydrogen-bond acceptors (Lipinski definition) is 0. The quantitative estimate of drug-likeness (QED) is 0.716. The van der Waals surface area contributed by atoms with Gasteiger partial charge in [-0.15, -0.1) is 0 Å². The Morgan fingerprint density at radius 2 is 1.24 bits per heavy atom. The van der Waals surface area contributed by atoms with E-state index in [1.54, 1.807) is 49.4 Å². The highest BCUT2D eigenvalue weighted by Gasteiger charge is 2.11. The molecule has 0 bridgehead atoms. The summed E-state index contributed by atoms with van der Waals surface area (Å²) in [4.78, 5) is 0. The fraction of sp³-hybridized carbons (Fsp3) is 0.0667. The molecule has 2 aromatic rings. The van der Waals surface area contributed by atoms with Crippen molar-refractivity contribution in [3.63, 3.8) is 0 Å². The topological polar surface area (TPSA) is 0 Å². The molecule has 0 amide bonds. The second kappa shape index (κ2) is 4.91. The van der Waals surface area contributed by atoms with Gasteiger partial charge in [-0.1, -0.05) is 42.5 Å². The van der Waals surface area contributed by atoms with Crippen LogP contribution in [0.2, 0.25) is 0 Å². The maximum Gasteiger partial charge on any atom is 0.131 e. The summed E-state index contributed by atoms with van der Waals surface area (Å²) >= 11 is 0. The average Bonchev–Trinajstić information content (AvgIpc) is 2.34. The van der Waals surface area contributed by atoms with Gasteiger partial charge in [-0.05, 0) is 24.6 Å². The first kappa shape index (κ1) is 11.5. The van der Waals surface area contributed by atoms with Crippen LogP contribution in [0.4, 0.5) is 8.78 Å². The smallest absolute Gasteiger partial charge is 0.131 e. The molecule has 0 aromatic heterocycles. The van der Waals surface area contributed by atoms with Crippen LogP contribution in [-0.4, -0.2) is 0 Å². The largest absolute Gasteiger partial charge is 0.206 e. The van der Waals surface area contributed by atoms with E-state index >= 15 is 0 Å². The van der Waals surface area contributed by atoms with Gasteiger partial charge >= 0.3 is 0 Å². The van der Waals surface area contributed by atoms with Crippen molar-refractivity contribution in [1.29, 1.82) is 0 Å². The van der Waals surface area contributed by atoms with E-state index in [1.165, 1.54) is 12.1 Å². The second-order valence-corrected chi connectivity index (χ2v) is 3.66. The van der Waals surface area contributed by atoms with Crippen molar-refractivity contribution in [2.75, 3.05) is 0 Å². The van der Waals surface area contributed by atoms with E-state index in [2.05, 4.69) is 0 Å². The summed E-state index contributed by atoms with van der Waals surface area (Å²) in [5.41, 5.74) is 1.40. The SMILES string of the molecule is CC=C(c1ccccc1F)c1ccccc1F. The van der Waals surface area contributed by atoms with Crippen LogP contribution in [0.15, 0.2) is 54.6 Å². The van der Waals surface area contributed by atoms with E-state index in [0.29, 0.717) is 16.7 Å². The number of allylic oxidation sites excluding steroid dienone is 1. The lowest BCUT2D eigenvalue weighted by atomic mass is 9.97. The molecule has 0 heterocycles. The highest BCUT2D eigenvalue weighted by Crippen LogP contribution is 2.27. The van der Waals surface area contributed by atoms with Crippen LogP contribution < -0.4 is 0 Å². The first-order valence-electron chi connectivity index (χ1n) is 5.40. The molecule has 86 valence electrons. The van der Waals surface area contributed by atoms with Gasteiger partial charge in [0.25, 0.3) is 0 Å². The summed E-state index contributed by atoms with van der Waals surface area (Å²) in [6.07, 6.45) is 1.72. The summed E-state index contributed by atoms with van der Waals surface area (Å²) in [6, 6.07) is 12.8. The molecule has 2 heteroatoms. The third kappa shape index (κ3) is 2.26. The highest BCUT2D eigenvalue weighted by molar-refractivity contribution is 5.80. The predicted octanol–water partition coefficient (Wildman–Crippen LogP) is 4.42. The Hall–Kier alpha value is -1.96. The molecular weight excluding hydrogens is 218 g/mol. The van der Waals surface area contributed by atoms with Crippen LogP contribution in [0.25, 0.3) is 5.57 Å². The maximum atomic E-state index is 13.7. The molecule has 0 saturated carbocycles. The lowest BCUT2D eigenvalue weighted by Crippen LogP contribution is -1.94. The molecule has 0 N–H and O–H groups in total. The number of halogens is 2. The molecule has 0 aliphatic rings. The third-order valence-corrected chi connectivity index (χ3v) is 2.62. The zero-order chi connectivity index (χ0) is 12.3. The summed E-state index contributed by atoms with van der Waals surface area (Å²) in [5.74, 6) is -0.687. The van der Waals surface area contributed by atoms with Gasteiger partial charge in [0.2, 0.25) is 0 Å². The zero-order valence-corrected chi connectivity index (χ0v) is 9.45. The Kier molecular flexibility index (Phi) is 3.33. The highest BCUT2D eigenvalue weighted by atomic mass is 19.1. The van der Waals surface area contributed by atoms with E-state index < -0.39 is 0 Å². The maximum absolute atomic E-state index is 13.7. The molecule has 2 aromatic carbocycles. The Labute approximate surface area is 99.2 Å². The van der Waals surface area contributed by atoms with Crippen molar-refractivity contribution in [3.8, 4) is 0 Å². The van der Waals surface area contributed by atoms with E-state index in [1.807, 2.05) is 0 Å². The minimum Gasteiger partial charge on any atom is -0.206 e. The molecule has 2 rings (SSSR count). The molecule has 0 nitrogen and oxygen atoms in total. The minimum absolute atomic E-state index is 0.344. The molecule has 17 heavy (non-hydrogen) atoms. The first-order chi connectivity index (χ1) is 8.24. The number of rotatable bonds is 2. The zero-order valence-electron chi connectivity index (χ0n) is 9.45. The minimum atomic E-state index is -0.344. The summed E-state index contributed by atoms with van der Waals surface area (Å²) in [7, 11) is 0. The van der Waals surface area contributed by atoms with Crippen molar-refractivity contribution in [3.05, 3.63) is 77.4 Å². The molecule has 0 unspecified atom stereocenters. The molecule has 0 saturated heterocycles. The third-order valence-electron chi connectivity index (χ3n) is 2.62. The Morgan fingerprint density at radius 1 is 0.824 bits per heavy atom. The Bertz CT molecular complexity index is 509. The Morgan fingerprint density at radius 3 is 1.59 bits per heavy atom. The van der Waals surface area contributed by atoms with E-state index in [-0.39, 0.29) is 11.6 Å². The van der Waals surface area contributed by atoms with Crippen molar-refractivity contribution in [1.82, 2.24) is 0 Å². The lowest BCUT2D eigenvalue weighted by Gasteiger charge is -2.09. The van der Waals surface area contributed by atoms with Gasteiger partial charge in [-0.3, -0.25) is 0 Å². The van der Waals surface area contributed by atoms with Gasteiger partial charge in [0.1, 0.15) is 11.6 Å². The lowest BCUT2D eigenvalue weighted by molar-refractivity contribution is 0.618. The van der Waals surface area contributed by atoms with Crippen LogP contribution in [0.5, 0.6) is 0 Å². The van der Waals surface area contributed by atoms with Crippen molar-refractivity contribution >= 4 is 5.57 Å². The van der Waals surface area contributed by atoms with Crippen LogP contribution in [0.1, 0.15) is 18.1 Å². The molecule has 0 radical (unpaired) electrons. The number of benzene rings is 2. The van der Waals surface area contributed by atoms with Crippen LogP contribution in [0.3, 0.4) is 0 Å². The van der Waals surface area contributed by atoms with Crippen molar-refractivity contribution < 1.29 is 8.78 Å². The van der Waals surface area contributed by atoms with E-state index in [9.17, 15) is 8.78 Å². The average molecular weight is 230 g/mol. The van der Waals surface area contributed by atoms with Gasteiger partial charge < -0.3 is 0 Å². The van der Waals surface area contributed by atoms with E-state index in [0.717, 1.165) is 0 Å². The van der Waals surface area contributed by atoms with Gasteiger partial charge in [0, 0.05) is 11.1 Å². The standard InChI is InChI=1S/C15H12F2/c1-2-11(12-7-3-5-9-14(12)16)13-8-4-6-10-15(13)17/h2-10H,1H3. The second-order valence-electron chi connectivity index (χ2n) is 3.66. The Balaban J connectivity index is 2.57. The molecule has 0 fully saturated rings. The molecular formula is C15H12F2.